The fourth-order valence-electron chi connectivity index (χ4n) is 4.31. The Morgan fingerprint density at radius 2 is 1.74 bits per heavy atom. The van der Waals surface area contributed by atoms with Gasteiger partial charge in [0.05, 0.1) is 12.4 Å². The lowest BCUT2D eigenvalue weighted by Gasteiger charge is -2.39. The summed E-state index contributed by atoms with van der Waals surface area (Å²) in [5.41, 5.74) is 2.44. The second-order valence-electron chi connectivity index (χ2n) is 7.90. The molecule has 0 atom stereocenters. The van der Waals surface area contributed by atoms with Crippen LogP contribution in [-0.2, 0) is 6.18 Å². The van der Waals surface area contributed by atoms with Crippen LogP contribution in [0.2, 0.25) is 0 Å². The minimum Gasteiger partial charge on any atom is -0.356 e. The van der Waals surface area contributed by atoms with Crippen molar-refractivity contribution in [1.82, 2.24) is 30.1 Å². The van der Waals surface area contributed by atoms with E-state index >= 15 is 0 Å². The molecule has 3 aromatic rings. The number of rotatable bonds is 3. The third-order valence-electron chi connectivity index (χ3n) is 6.01. The molecule has 2 fully saturated rings. The predicted molar refractivity (Wildman–Crippen MR) is 109 cm³/mol. The van der Waals surface area contributed by atoms with Crippen molar-refractivity contribution in [2.45, 2.75) is 25.4 Å². The van der Waals surface area contributed by atoms with Gasteiger partial charge in [-0.25, -0.2) is 15.0 Å². The zero-order chi connectivity index (χ0) is 21.5. The Labute approximate surface area is 180 Å². The molecular formula is C19H19F3N8S. The third kappa shape index (κ3) is 4.03. The number of hydrogen-bond donors (Lipinski definition) is 0. The predicted octanol–water partition coefficient (Wildman–Crippen LogP) is 3.30. The molecule has 2 saturated heterocycles. The maximum atomic E-state index is 13.0. The van der Waals surface area contributed by atoms with Crippen LogP contribution in [0.3, 0.4) is 0 Å². The molecule has 5 rings (SSSR count). The highest BCUT2D eigenvalue weighted by Crippen LogP contribution is 2.42. The van der Waals surface area contributed by atoms with Crippen molar-refractivity contribution in [3.05, 3.63) is 36.0 Å². The van der Waals surface area contributed by atoms with Gasteiger partial charge in [-0.1, -0.05) is 11.3 Å². The first kappa shape index (κ1) is 20.0. The summed E-state index contributed by atoms with van der Waals surface area (Å²) in [7, 11) is 0. The first-order valence-electron chi connectivity index (χ1n) is 9.91. The highest BCUT2D eigenvalue weighted by molar-refractivity contribution is 7.12. The second kappa shape index (κ2) is 7.66. The molecule has 2 aliphatic heterocycles. The molecule has 1 spiro atoms. The summed E-state index contributed by atoms with van der Waals surface area (Å²) in [6.45, 7) is 3.03. The summed E-state index contributed by atoms with van der Waals surface area (Å²) >= 11 is 1.42. The minimum atomic E-state index is -4.54. The summed E-state index contributed by atoms with van der Waals surface area (Å²) in [6.07, 6.45) is 2.88. The quantitative estimate of drug-likeness (QED) is 0.604. The largest absolute Gasteiger partial charge is 0.451 e. The topological polar surface area (TPSA) is 83.8 Å². The van der Waals surface area contributed by atoms with E-state index in [1.807, 2.05) is 4.90 Å². The fourth-order valence-corrected chi connectivity index (χ4v) is 4.81. The van der Waals surface area contributed by atoms with Crippen LogP contribution in [0, 0.1) is 5.41 Å². The van der Waals surface area contributed by atoms with Gasteiger partial charge in [-0.2, -0.15) is 13.2 Å². The van der Waals surface area contributed by atoms with Gasteiger partial charge < -0.3 is 9.80 Å². The molecule has 0 saturated carbocycles. The molecule has 5 heterocycles. The van der Waals surface area contributed by atoms with Gasteiger partial charge in [-0.15, -0.1) is 10.2 Å². The van der Waals surface area contributed by atoms with Gasteiger partial charge in [0, 0.05) is 32.4 Å². The van der Waals surface area contributed by atoms with Crippen LogP contribution in [0.15, 0.2) is 30.2 Å². The molecule has 3 aromatic heterocycles. The first-order chi connectivity index (χ1) is 14.9. The lowest BCUT2D eigenvalue weighted by molar-refractivity contribution is -0.144. The van der Waals surface area contributed by atoms with E-state index in [0.29, 0.717) is 24.6 Å². The summed E-state index contributed by atoms with van der Waals surface area (Å²) < 4.78 is 38.9. The Hall–Kier alpha value is -2.89. The van der Waals surface area contributed by atoms with Gasteiger partial charge >= 0.3 is 6.18 Å². The maximum absolute atomic E-state index is 13.0. The normalized spacial score (nSPS) is 18.7. The van der Waals surface area contributed by atoms with Crippen molar-refractivity contribution in [3.8, 4) is 10.7 Å². The highest BCUT2D eigenvalue weighted by Gasteiger charge is 2.42. The second-order valence-corrected chi connectivity index (χ2v) is 8.73. The Morgan fingerprint density at radius 1 is 0.968 bits per heavy atom. The van der Waals surface area contributed by atoms with Crippen molar-refractivity contribution < 1.29 is 13.2 Å². The smallest absolute Gasteiger partial charge is 0.356 e. The average molecular weight is 448 g/mol. The standard InChI is InChI=1S/C19H19F3N8S/c20-19(21,22)17-24-5-1-14(27-17)30-8-4-18(11-30)2-6-29(7-3-18)15-10-23-9-13(26-15)16-28-25-12-31-16/h1,5,9-10,12H,2-4,6-8,11H2. The van der Waals surface area contributed by atoms with Gasteiger partial charge in [0.2, 0.25) is 5.82 Å². The fraction of sp³-hybridized carbons (Fsp3) is 0.474. The molecule has 0 amide bonds. The number of piperidine rings is 1. The van der Waals surface area contributed by atoms with Crippen molar-refractivity contribution in [1.29, 1.82) is 0 Å². The van der Waals surface area contributed by atoms with E-state index < -0.39 is 12.0 Å². The molecule has 0 radical (unpaired) electrons. The van der Waals surface area contributed by atoms with E-state index in [4.69, 9.17) is 0 Å². The van der Waals surface area contributed by atoms with Crippen LogP contribution in [-0.4, -0.2) is 56.3 Å². The zero-order valence-corrected chi connectivity index (χ0v) is 17.3. The Morgan fingerprint density at radius 3 is 2.45 bits per heavy atom. The van der Waals surface area contributed by atoms with E-state index in [1.54, 1.807) is 24.0 Å². The SMILES string of the molecule is FC(F)(F)c1nccc(N2CCC3(CCN(c4cncc(-c5nncs5)n4)CC3)C2)n1. The van der Waals surface area contributed by atoms with Crippen LogP contribution >= 0.6 is 11.3 Å². The van der Waals surface area contributed by atoms with Crippen LogP contribution in [0.1, 0.15) is 25.1 Å². The van der Waals surface area contributed by atoms with Gasteiger partial charge in [-0.3, -0.25) is 4.98 Å². The zero-order valence-electron chi connectivity index (χ0n) is 16.5. The van der Waals surface area contributed by atoms with Gasteiger partial charge in [-0.05, 0) is 30.7 Å². The number of aromatic nitrogens is 6. The summed E-state index contributed by atoms with van der Waals surface area (Å²) in [5, 5.41) is 8.63. The monoisotopic (exact) mass is 448 g/mol. The van der Waals surface area contributed by atoms with Crippen LogP contribution in [0.4, 0.5) is 24.8 Å². The molecule has 12 heteroatoms. The molecule has 31 heavy (non-hydrogen) atoms. The summed E-state index contributed by atoms with van der Waals surface area (Å²) in [5.74, 6) is 0.0648. The Balaban J connectivity index is 1.26. The molecule has 0 N–H and O–H groups in total. The lowest BCUT2D eigenvalue weighted by Crippen LogP contribution is -2.42. The summed E-state index contributed by atoms with van der Waals surface area (Å²) in [6, 6.07) is 1.55. The van der Waals surface area contributed by atoms with Crippen molar-refractivity contribution in [2.24, 2.45) is 5.41 Å². The molecule has 0 bridgehead atoms. The number of nitrogens with zero attached hydrogens (tertiary/aromatic N) is 8. The Kier molecular flexibility index (Phi) is 4.95. The summed E-state index contributed by atoms with van der Waals surface area (Å²) in [4.78, 5) is 20.3. The third-order valence-corrected chi connectivity index (χ3v) is 6.72. The van der Waals surface area contributed by atoms with E-state index in [1.165, 1.54) is 17.5 Å². The van der Waals surface area contributed by atoms with Gasteiger partial charge in [0.25, 0.3) is 0 Å². The van der Waals surface area contributed by atoms with E-state index in [-0.39, 0.29) is 5.41 Å². The van der Waals surface area contributed by atoms with Crippen molar-refractivity contribution >= 4 is 23.0 Å². The van der Waals surface area contributed by atoms with Crippen molar-refractivity contribution in [3.63, 3.8) is 0 Å². The first-order valence-corrected chi connectivity index (χ1v) is 10.8. The highest BCUT2D eigenvalue weighted by atomic mass is 32.1. The van der Waals surface area contributed by atoms with Gasteiger partial charge in [0.15, 0.2) is 5.01 Å². The number of halogens is 3. The van der Waals surface area contributed by atoms with Crippen LogP contribution in [0.5, 0.6) is 0 Å². The molecule has 0 unspecified atom stereocenters. The number of alkyl halides is 3. The molecule has 2 aliphatic rings. The van der Waals surface area contributed by atoms with E-state index in [9.17, 15) is 13.2 Å². The van der Waals surface area contributed by atoms with E-state index in [0.717, 1.165) is 43.2 Å². The van der Waals surface area contributed by atoms with Crippen molar-refractivity contribution in [2.75, 3.05) is 36.0 Å². The number of anilines is 2. The van der Waals surface area contributed by atoms with Gasteiger partial charge in [0.1, 0.15) is 22.8 Å². The van der Waals surface area contributed by atoms with Crippen LogP contribution in [0.25, 0.3) is 10.7 Å². The molecule has 162 valence electrons. The Bertz CT molecular complexity index is 1050. The average Bonchev–Trinajstić information content (AvgIpc) is 3.45. The van der Waals surface area contributed by atoms with E-state index in [2.05, 4.69) is 35.0 Å². The maximum Gasteiger partial charge on any atom is 0.451 e. The van der Waals surface area contributed by atoms with Crippen LogP contribution < -0.4 is 9.80 Å². The molecule has 0 aromatic carbocycles. The molecular weight excluding hydrogens is 429 g/mol. The molecule has 8 nitrogen and oxygen atoms in total. The minimum absolute atomic E-state index is 0.0735. The molecule has 0 aliphatic carbocycles. The lowest BCUT2D eigenvalue weighted by atomic mass is 9.78. The number of hydrogen-bond acceptors (Lipinski definition) is 9.